The van der Waals surface area contributed by atoms with E-state index in [2.05, 4.69) is 25.9 Å². The molecule has 1 saturated heterocycles. The van der Waals surface area contributed by atoms with Crippen LogP contribution in [0.15, 0.2) is 22.7 Å². The van der Waals surface area contributed by atoms with Gasteiger partial charge in [0, 0.05) is 24.4 Å². The summed E-state index contributed by atoms with van der Waals surface area (Å²) in [7, 11) is 1.84. The Labute approximate surface area is 197 Å². The second-order valence-electron chi connectivity index (χ2n) is 9.15. The summed E-state index contributed by atoms with van der Waals surface area (Å²) in [4.78, 5) is 17.9. The van der Waals surface area contributed by atoms with Crippen molar-refractivity contribution in [1.82, 2.24) is 30.1 Å². The number of nitrogens with zero attached hydrogens (tertiary/aromatic N) is 5. The van der Waals surface area contributed by atoms with E-state index in [1.165, 1.54) is 6.07 Å². The van der Waals surface area contributed by atoms with Crippen LogP contribution in [0.5, 0.6) is 0 Å². The van der Waals surface area contributed by atoms with E-state index in [0.29, 0.717) is 18.7 Å². The quantitative estimate of drug-likeness (QED) is 0.486. The summed E-state index contributed by atoms with van der Waals surface area (Å²) in [6.07, 6.45) is -4.71. The highest BCUT2D eigenvalue weighted by Gasteiger charge is 2.34. The number of alkyl halides is 4. The van der Waals surface area contributed by atoms with Crippen LogP contribution >= 0.6 is 0 Å². The minimum Gasteiger partial charge on any atom is -0.377 e. The van der Waals surface area contributed by atoms with Crippen molar-refractivity contribution < 1.29 is 26.9 Å². The van der Waals surface area contributed by atoms with Crippen LogP contribution in [-0.2, 0) is 17.8 Å². The number of rotatable bonds is 7. The Morgan fingerprint density at radius 1 is 1.26 bits per heavy atom. The number of amides is 1. The highest BCUT2D eigenvalue weighted by atomic mass is 19.4. The number of aromatic nitrogens is 4. The van der Waals surface area contributed by atoms with Crippen molar-refractivity contribution >= 4 is 22.5 Å². The van der Waals surface area contributed by atoms with Gasteiger partial charge in [-0.15, -0.1) is 0 Å². The number of hydrogen-bond donors (Lipinski definition) is 2. The maximum absolute atomic E-state index is 14.6. The third kappa shape index (κ3) is 5.24. The van der Waals surface area contributed by atoms with Crippen LogP contribution in [0.4, 0.5) is 23.2 Å². The summed E-state index contributed by atoms with van der Waals surface area (Å²) >= 11 is 0. The highest BCUT2D eigenvalue weighted by molar-refractivity contribution is 5.93. The number of piperidine rings is 1. The Morgan fingerprint density at radius 3 is 2.77 bits per heavy atom. The first-order valence-corrected chi connectivity index (χ1v) is 11.4. The molecule has 0 radical (unpaired) electrons. The van der Waals surface area contributed by atoms with Gasteiger partial charge in [0.1, 0.15) is 11.7 Å². The van der Waals surface area contributed by atoms with Crippen molar-refractivity contribution in [3.63, 3.8) is 0 Å². The summed E-state index contributed by atoms with van der Waals surface area (Å²) in [5.41, 5.74) is 0.527. The zero-order chi connectivity index (χ0) is 24.7. The van der Waals surface area contributed by atoms with Crippen LogP contribution in [0.25, 0.3) is 16.9 Å². The molecule has 9 nitrogen and oxygen atoms in total. The average molecular weight is 495 g/mol. The van der Waals surface area contributed by atoms with Crippen molar-refractivity contribution in [1.29, 1.82) is 0 Å². The Balaban J connectivity index is 1.46. The molecule has 0 spiro atoms. The first-order chi connectivity index (χ1) is 16.7. The molecule has 3 aromatic rings. The summed E-state index contributed by atoms with van der Waals surface area (Å²) in [6.45, 7) is 0.938. The summed E-state index contributed by atoms with van der Waals surface area (Å²) < 4.78 is 61.2. The van der Waals surface area contributed by atoms with E-state index in [0.717, 1.165) is 17.5 Å². The Kier molecular flexibility index (Phi) is 6.11. The van der Waals surface area contributed by atoms with Crippen LogP contribution in [0.3, 0.4) is 0 Å². The van der Waals surface area contributed by atoms with Crippen molar-refractivity contribution in [3.05, 3.63) is 29.8 Å². The molecule has 5 rings (SSSR count). The van der Waals surface area contributed by atoms with Gasteiger partial charge < -0.3 is 20.1 Å². The zero-order valence-corrected chi connectivity index (χ0v) is 19.0. The number of anilines is 1. The Morgan fingerprint density at radius 2 is 2.06 bits per heavy atom. The maximum atomic E-state index is 14.6. The summed E-state index contributed by atoms with van der Waals surface area (Å²) in [5.74, 6) is -0.254. The fraction of sp³-hybridized carbons (Fsp3) is 0.545. The van der Waals surface area contributed by atoms with Gasteiger partial charge >= 0.3 is 6.18 Å². The molecular weight excluding hydrogens is 470 g/mol. The largest absolute Gasteiger partial charge is 0.394 e. The molecule has 2 aromatic heterocycles. The molecule has 0 unspecified atom stereocenters. The van der Waals surface area contributed by atoms with Gasteiger partial charge in [-0.25, -0.2) is 4.39 Å². The number of likely N-dealkylation sites (tertiary alicyclic amines) is 1. The van der Waals surface area contributed by atoms with Crippen molar-refractivity contribution in [2.24, 2.45) is 5.92 Å². The van der Waals surface area contributed by atoms with Crippen molar-refractivity contribution in [3.8, 4) is 5.95 Å². The first-order valence-electron chi connectivity index (χ1n) is 11.4. The predicted molar refractivity (Wildman–Crippen MR) is 118 cm³/mol. The number of nitrogens with one attached hydrogen (secondary N) is 2. The first kappa shape index (κ1) is 23.5. The van der Waals surface area contributed by atoms with E-state index < -0.39 is 24.8 Å². The molecule has 188 valence electrons. The molecule has 1 aromatic carbocycles. The van der Waals surface area contributed by atoms with Gasteiger partial charge in [-0.2, -0.15) is 27.9 Å². The minimum absolute atomic E-state index is 0.00778. The van der Waals surface area contributed by atoms with Crippen LogP contribution < -0.4 is 10.6 Å². The van der Waals surface area contributed by atoms with E-state index >= 15 is 0 Å². The lowest BCUT2D eigenvalue weighted by molar-refractivity contribution is -0.128. The molecule has 2 aliphatic rings. The van der Waals surface area contributed by atoms with Gasteiger partial charge in [0.25, 0.3) is 5.95 Å². The second kappa shape index (κ2) is 9.10. The van der Waals surface area contributed by atoms with E-state index in [1.807, 2.05) is 11.9 Å². The molecule has 1 saturated carbocycles. The molecular formula is C22H25F4N7O2. The van der Waals surface area contributed by atoms with Gasteiger partial charge in [-0.1, -0.05) is 12.1 Å². The minimum atomic E-state index is -4.52. The molecule has 2 fully saturated rings. The zero-order valence-electron chi connectivity index (χ0n) is 19.0. The second-order valence-corrected chi connectivity index (χ2v) is 9.15. The fourth-order valence-electron chi connectivity index (χ4n) is 4.28. The van der Waals surface area contributed by atoms with E-state index in [9.17, 15) is 22.4 Å². The van der Waals surface area contributed by atoms with Crippen molar-refractivity contribution in [2.45, 2.75) is 50.6 Å². The van der Waals surface area contributed by atoms with Crippen molar-refractivity contribution in [2.75, 3.05) is 25.5 Å². The topological polar surface area (TPSA) is 101 Å². The van der Waals surface area contributed by atoms with Gasteiger partial charge in [-0.3, -0.25) is 4.79 Å². The highest BCUT2D eigenvalue weighted by Crippen LogP contribution is 2.33. The monoisotopic (exact) mass is 495 g/mol. The Hall–Kier alpha value is -3.22. The normalized spacial score (nSPS) is 21.4. The lowest BCUT2D eigenvalue weighted by Crippen LogP contribution is -2.46. The molecule has 2 atom stereocenters. The van der Waals surface area contributed by atoms with Gasteiger partial charge in [0.15, 0.2) is 0 Å². The van der Waals surface area contributed by atoms with Crippen LogP contribution in [-0.4, -0.2) is 69.3 Å². The molecule has 0 bridgehead atoms. The van der Waals surface area contributed by atoms with E-state index in [4.69, 9.17) is 4.52 Å². The molecule has 35 heavy (non-hydrogen) atoms. The average Bonchev–Trinajstić information content (AvgIpc) is 3.44. The number of carbonyl (C=O) groups excluding carboxylic acids is 1. The molecule has 3 heterocycles. The third-order valence-corrected chi connectivity index (χ3v) is 6.26. The SMILES string of the molecule is CN1CC[C@@H](Nc2cccc3c(CC(F)(F)F)n(-c4noc(CNC(=O)C5CC5)n4)nc23)[C@@H](F)C1. The molecule has 13 heteroatoms. The molecule has 2 N–H and O–H groups in total. The van der Waals surface area contributed by atoms with Crippen LogP contribution in [0.1, 0.15) is 30.8 Å². The van der Waals surface area contributed by atoms with Crippen LogP contribution in [0.2, 0.25) is 0 Å². The fourth-order valence-corrected chi connectivity index (χ4v) is 4.28. The summed E-state index contributed by atoms with van der Waals surface area (Å²) in [5, 5.41) is 14.2. The molecule has 1 aliphatic heterocycles. The maximum Gasteiger partial charge on any atom is 0.394 e. The predicted octanol–water partition coefficient (Wildman–Crippen LogP) is 2.99. The lowest BCUT2D eigenvalue weighted by atomic mass is 10.0. The summed E-state index contributed by atoms with van der Waals surface area (Å²) in [6, 6.07) is 4.31. The number of hydrogen-bond acceptors (Lipinski definition) is 7. The molecule has 1 amide bonds. The van der Waals surface area contributed by atoms with Gasteiger partial charge in [0.2, 0.25) is 11.8 Å². The van der Waals surface area contributed by atoms with E-state index in [-0.39, 0.29) is 53.4 Å². The number of fused-ring (bicyclic) bond motifs is 1. The third-order valence-electron chi connectivity index (χ3n) is 6.26. The lowest BCUT2D eigenvalue weighted by Gasteiger charge is -2.33. The van der Waals surface area contributed by atoms with Gasteiger partial charge in [0.05, 0.1) is 30.4 Å². The number of carbonyl (C=O) groups is 1. The Bertz CT molecular complexity index is 1220. The van der Waals surface area contributed by atoms with Crippen LogP contribution in [0, 0.1) is 5.92 Å². The number of halogens is 4. The smallest absolute Gasteiger partial charge is 0.377 e. The molecule has 1 aliphatic carbocycles. The number of benzene rings is 1. The van der Waals surface area contributed by atoms with E-state index in [1.54, 1.807) is 12.1 Å². The van der Waals surface area contributed by atoms with Gasteiger partial charge in [-0.05, 0) is 37.5 Å². The standard InChI is InChI=1S/C22H25F4N7O2/c1-32-8-7-15(14(23)11-32)28-16-4-2-3-13-17(9-22(24,25)26)33(30-19(13)16)21-29-18(35-31-21)10-27-20(34)12-5-6-12/h2-4,12,14-15,28H,5-11H2,1H3,(H,27,34)/t14-,15+/m0/s1.